The van der Waals surface area contributed by atoms with E-state index in [0.717, 1.165) is 28.3 Å². The van der Waals surface area contributed by atoms with E-state index in [-0.39, 0.29) is 0 Å². The van der Waals surface area contributed by atoms with Gasteiger partial charge in [0, 0.05) is 38.9 Å². The Morgan fingerprint density at radius 1 is 0.296 bits per heavy atom. The minimum Gasteiger partial charge on any atom is -0.310 e. The Hall–Kier alpha value is -9.24. The highest BCUT2D eigenvalue weighted by Gasteiger charge is 2.47. The predicted octanol–water partition coefficient (Wildman–Crippen LogP) is 18.3. The van der Waals surface area contributed by atoms with Crippen LogP contribution < -0.4 is 4.90 Å². The lowest BCUT2D eigenvalue weighted by Gasteiger charge is -2.36. The van der Waals surface area contributed by atoms with Gasteiger partial charge in [0.2, 0.25) is 0 Å². The summed E-state index contributed by atoms with van der Waals surface area (Å²) in [7, 11) is 0. The van der Waals surface area contributed by atoms with Gasteiger partial charge in [-0.05, 0) is 120 Å². The summed E-state index contributed by atoms with van der Waals surface area (Å²) in [5.74, 6) is 0. The van der Waals surface area contributed by atoms with Crippen LogP contribution in [0.5, 0.6) is 0 Å². The van der Waals surface area contributed by atoms with Crippen molar-refractivity contribution in [1.82, 2.24) is 4.57 Å². The highest BCUT2D eigenvalue weighted by atomic mass is 15.1. The van der Waals surface area contributed by atoms with Gasteiger partial charge in [0.05, 0.1) is 16.4 Å². The molecule has 1 aliphatic rings. The van der Waals surface area contributed by atoms with E-state index >= 15 is 0 Å². The van der Waals surface area contributed by atoms with E-state index in [9.17, 15) is 0 Å². The van der Waals surface area contributed by atoms with Crippen molar-refractivity contribution in [2.45, 2.75) is 5.41 Å². The number of hydrogen-bond acceptors (Lipinski definition) is 1. The Labute approximate surface area is 413 Å². The van der Waals surface area contributed by atoms with Gasteiger partial charge in [0.25, 0.3) is 0 Å². The fourth-order valence-corrected chi connectivity index (χ4v) is 11.9. The molecule has 1 aromatic heterocycles. The van der Waals surface area contributed by atoms with Crippen LogP contribution in [0.3, 0.4) is 0 Å². The molecule has 1 heterocycles. The Bertz CT molecular complexity index is 4170. The Morgan fingerprint density at radius 2 is 0.845 bits per heavy atom. The number of rotatable bonds is 8. The molecule has 2 heteroatoms. The molecule has 0 spiro atoms. The topological polar surface area (TPSA) is 8.17 Å². The molecule has 332 valence electrons. The summed E-state index contributed by atoms with van der Waals surface area (Å²) in [5.41, 5.74) is 18.4. The first kappa shape index (κ1) is 40.8. The minimum absolute atomic E-state index is 0.633. The average Bonchev–Trinajstić information content (AvgIpc) is 3.95. The molecule has 14 rings (SSSR count). The second-order valence-electron chi connectivity index (χ2n) is 18.8. The first-order valence-electron chi connectivity index (χ1n) is 24.6. The Balaban J connectivity index is 1.06. The van der Waals surface area contributed by atoms with Crippen LogP contribution in [-0.2, 0) is 5.41 Å². The normalized spacial score (nSPS) is 14.0. The lowest BCUT2D eigenvalue weighted by Crippen LogP contribution is -2.29. The first-order chi connectivity index (χ1) is 35.2. The monoisotopic (exact) mass is 902 g/mol. The molecule has 0 radical (unpaired) electrons. The minimum atomic E-state index is -0.633. The zero-order chi connectivity index (χ0) is 46.9. The summed E-state index contributed by atoms with van der Waals surface area (Å²) in [6, 6.07) is 103. The molecule has 0 bridgehead atoms. The maximum Gasteiger partial charge on any atom is 0.0720 e. The summed E-state index contributed by atoms with van der Waals surface area (Å²) in [5, 5.41) is 7.29. The SMILES string of the molecule is c1ccc(-c2cccc(-n3c4cc(N(c5ccc6c(c5)C(c5ccccc5)(c5ccccc5-c5ccccc5)c5ccccc5-6)c5ccc6ccccc6c5)ccc4c4ccc5ccccc5c43)c2)cc1. The Kier molecular flexibility index (Phi) is 9.47. The van der Waals surface area contributed by atoms with Gasteiger partial charge in [-0.25, -0.2) is 0 Å². The van der Waals surface area contributed by atoms with Crippen molar-refractivity contribution in [3.8, 4) is 39.1 Å². The molecule has 13 aromatic rings. The molecule has 71 heavy (non-hydrogen) atoms. The summed E-state index contributed by atoms with van der Waals surface area (Å²) >= 11 is 0. The standard InChI is InChI=1S/C69H46N2/c1-4-19-47(20-5-1)52-26-18-29-54(43-52)71-67-46-57(39-42-62(67)63-40-36-50-24-12-13-31-59(50)68(63)71)70(55-37-35-48-21-10-11-25-51(48)44-55)56-38-41-61-60-32-15-17-34-65(60)69(66(61)45-56,53-27-8-3-9-28-53)64-33-16-14-30-58(64)49-22-6-2-7-23-49/h1-46H. The molecule has 0 fully saturated rings. The van der Waals surface area contributed by atoms with E-state index in [0.29, 0.717) is 0 Å². The van der Waals surface area contributed by atoms with Crippen LogP contribution in [0.25, 0.3) is 82.4 Å². The summed E-state index contributed by atoms with van der Waals surface area (Å²) < 4.78 is 2.50. The van der Waals surface area contributed by atoms with Crippen LogP contribution in [0.1, 0.15) is 22.3 Å². The lowest BCUT2D eigenvalue weighted by molar-refractivity contribution is 0.770. The average molecular weight is 903 g/mol. The number of fused-ring (bicyclic) bond motifs is 9. The van der Waals surface area contributed by atoms with Crippen LogP contribution in [0.15, 0.2) is 279 Å². The van der Waals surface area contributed by atoms with E-state index in [1.165, 1.54) is 93.5 Å². The molecular formula is C69H46N2. The molecule has 0 aliphatic heterocycles. The highest BCUT2D eigenvalue weighted by molar-refractivity contribution is 6.19. The van der Waals surface area contributed by atoms with Gasteiger partial charge in [-0.3, -0.25) is 0 Å². The molecular weight excluding hydrogens is 857 g/mol. The van der Waals surface area contributed by atoms with Crippen molar-refractivity contribution in [3.63, 3.8) is 0 Å². The van der Waals surface area contributed by atoms with Crippen LogP contribution in [-0.4, -0.2) is 4.57 Å². The molecule has 1 unspecified atom stereocenters. The molecule has 2 nitrogen and oxygen atoms in total. The summed E-state index contributed by atoms with van der Waals surface area (Å²) in [6.45, 7) is 0. The molecule has 0 saturated heterocycles. The predicted molar refractivity (Wildman–Crippen MR) is 299 cm³/mol. The van der Waals surface area contributed by atoms with Crippen molar-refractivity contribution in [2.24, 2.45) is 0 Å². The van der Waals surface area contributed by atoms with Gasteiger partial charge >= 0.3 is 0 Å². The van der Waals surface area contributed by atoms with Crippen molar-refractivity contribution in [3.05, 3.63) is 301 Å². The van der Waals surface area contributed by atoms with E-state index in [1.54, 1.807) is 0 Å². The molecule has 0 amide bonds. The zero-order valence-corrected chi connectivity index (χ0v) is 39.0. The number of benzene rings is 12. The van der Waals surface area contributed by atoms with Gasteiger partial charge in [0.1, 0.15) is 0 Å². The van der Waals surface area contributed by atoms with Crippen LogP contribution in [0, 0.1) is 0 Å². The number of anilines is 3. The summed E-state index contributed by atoms with van der Waals surface area (Å²) in [6.07, 6.45) is 0. The highest BCUT2D eigenvalue weighted by Crippen LogP contribution is 2.59. The summed E-state index contributed by atoms with van der Waals surface area (Å²) in [4.78, 5) is 2.48. The lowest BCUT2D eigenvalue weighted by atomic mass is 9.66. The molecule has 12 aromatic carbocycles. The zero-order valence-electron chi connectivity index (χ0n) is 39.0. The second kappa shape index (κ2) is 16.5. The Morgan fingerprint density at radius 3 is 1.65 bits per heavy atom. The third-order valence-electron chi connectivity index (χ3n) is 15.0. The van der Waals surface area contributed by atoms with Gasteiger partial charge in [0.15, 0.2) is 0 Å². The van der Waals surface area contributed by atoms with Crippen LogP contribution >= 0.6 is 0 Å². The first-order valence-corrected chi connectivity index (χ1v) is 24.6. The largest absolute Gasteiger partial charge is 0.310 e. The van der Waals surface area contributed by atoms with Gasteiger partial charge in [-0.2, -0.15) is 0 Å². The third-order valence-corrected chi connectivity index (χ3v) is 15.0. The number of hydrogen-bond donors (Lipinski definition) is 0. The van der Waals surface area contributed by atoms with E-state index in [2.05, 4.69) is 289 Å². The number of nitrogens with zero attached hydrogens (tertiary/aromatic N) is 2. The molecule has 0 saturated carbocycles. The van der Waals surface area contributed by atoms with Gasteiger partial charge < -0.3 is 9.47 Å². The quantitative estimate of drug-likeness (QED) is 0.147. The van der Waals surface area contributed by atoms with Gasteiger partial charge in [-0.15, -0.1) is 0 Å². The van der Waals surface area contributed by atoms with Crippen molar-refractivity contribution >= 4 is 60.4 Å². The van der Waals surface area contributed by atoms with Crippen molar-refractivity contribution in [1.29, 1.82) is 0 Å². The fourth-order valence-electron chi connectivity index (χ4n) is 11.9. The molecule has 1 atom stereocenters. The smallest absolute Gasteiger partial charge is 0.0720 e. The molecule has 0 N–H and O–H groups in total. The van der Waals surface area contributed by atoms with Crippen molar-refractivity contribution < 1.29 is 0 Å². The maximum absolute atomic E-state index is 2.50. The molecule has 1 aliphatic carbocycles. The van der Waals surface area contributed by atoms with Crippen LogP contribution in [0.4, 0.5) is 17.1 Å². The van der Waals surface area contributed by atoms with Crippen molar-refractivity contribution in [2.75, 3.05) is 4.90 Å². The van der Waals surface area contributed by atoms with Gasteiger partial charge in [-0.1, -0.05) is 231 Å². The maximum atomic E-state index is 2.50. The third kappa shape index (κ3) is 6.42. The fraction of sp³-hybridized carbons (Fsp3) is 0.0145. The van der Waals surface area contributed by atoms with Crippen LogP contribution in [0.2, 0.25) is 0 Å². The van der Waals surface area contributed by atoms with E-state index in [4.69, 9.17) is 0 Å². The van der Waals surface area contributed by atoms with E-state index < -0.39 is 5.41 Å². The number of aromatic nitrogens is 1. The van der Waals surface area contributed by atoms with E-state index in [1.807, 2.05) is 0 Å². The second-order valence-corrected chi connectivity index (χ2v) is 18.8.